The number of Topliss-reactive ketones (excluding diaryl/α,β-unsaturated/α-hetero) is 1. The highest BCUT2D eigenvalue weighted by molar-refractivity contribution is 5.94. The minimum atomic E-state index is 0.217. The standard InChI is InChI=1S/C20H40NO/c1-6-7-8-9-10-11-12-13-14-15-17-21(4,5)18-16-20(22)19(2)3/h2,6-18H2,1,3-5H3/q+1. The molecule has 0 aliphatic carbocycles. The predicted molar refractivity (Wildman–Crippen MR) is 98.1 cm³/mol. The Morgan fingerprint density at radius 1 is 0.818 bits per heavy atom. The first-order chi connectivity index (χ1) is 10.4. The van der Waals surface area contributed by atoms with Crippen LogP contribution in [0, 0.1) is 0 Å². The second-order valence-corrected chi connectivity index (χ2v) is 7.52. The molecule has 0 heterocycles. The number of nitrogens with zero attached hydrogens (tertiary/aromatic N) is 1. The summed E-state index contributed by atoms with van der Waals surface area (Å²) in [5.41, 5.74) is 0.693. The summed E-state index contributed by atoms with van der Waals surface area (Å²) in [4.78, 5) is 11.6. The van der Waals surface area contributed by atoms with E-state index in [1.807, 2.05) is 6.92 Å². The van der Waals surface area contributed by atoms with Crippen LogP contribution in [0.4, 0.5) is 0 Å². The van der Waals surface area contributed by atoms with E-state index in [-0.39, 0.29) is 5.78 Å². The minimum Gasteiger partial charge on any atom is -0.328 e. The average molecular weight is 311 g/mol. The molecular weight excluding hydrogens is 270 g/mol. The third-order valence-electron chi connectivity index (χ3n) is 4.54. The highest BCUT2D eigenvalue weighted by Gasteiger charge is 2.16. The van der Waals surface area contributed by atoms with Gasteiger partial charge >= 0.3 is 0 Å². The van der Waals surface area contributed by atoms with E-state index in [1.165, 1.54) is 70.8 Å². The van der Waals surface area contributed by atoms with Crippen molar-refractivity contribution in [2.24, 2.45) is 0 Å². The smallest absolute Gasteiger partial charge is 0.163 e. The molecule has 0 radical (unpaired) electrons. The largest absolute Gasteiger partial charge is 0.328 e. The molecule has 0 aromatic carbocycles. The van der Waals surface area contributed by atoms with Gasteiger partial charge in [-0.2, -0.15) is 0 Å². The molecule has 0 saturated heterocycles. The van der Waals surface area contributed by atoms with E-state index < -0.39 is 0 Å². The number of hydrogen-bond acceptors (Lipinski definition) is 1. The molecule has 0 unspecified atom stereocenters. The maximum Gasteiger partial charge on any atom is 0.163 e. The molecule has 0 spiro atoms. The van der Waals surface area contributed by atoms with Crippen LogP contribution in [0.25, 0.3) is 0 Å². The first-order valence-electron chi connectivity index (χ1n) is 9.40. The van der Waals surface area contributed by atoms with Crippen molar-refractivity contribution in [1.29, 1.82) is 0 Å². The van der Waals surface area contributed by atoms with Crippen molar-refractivity contribution >= 4 is 5.78 Å². The fourth-order valence-electron chi connectivity index (χ4n) is 2.76. The van der Waals surface area contributed by atoms with Gasteiger partial charge in [0.2, 0.25) is 0 Å². The van der Waals surface area contributed by atoms with Gasteiger partial charge < -0.3 is 4.48 Å². The van der Waals surface area contributed by atoms with E-state index in [2.05, 4.69) is 27.6 Å². The fourth-order valence-corrected chi connectivity index (χ4v) is 2.76. The minimum absolute atomic E-state index is 0.217. The zero-order valence-electron chi connectivity index (χ0n) is 15.8. The fraction of sp³-hybridized carbons (Fsp3) is 0.850. The molecule has 0 saturated carbocycles. The third kappa shape index (κ3) is 13.1. The molecule has 2 nitrogen and oxygen atoms in total. The maximum absolute atomic E-state index is 11.6. The van der Waals surface area contributed by atoms with Crippen LogP contribution >= 0.6 is 0 Å². The van der Waals surface area contributed by atoms with Crippen molar-refractivity contribution < 1.29 is 9.28 Å². The second-order valence-electron chi connectivity index (χ2n) is 7.52. The summed E-state index contributed by atoms with van der Waals surface area (Å²) in [7, 11) is 4.47. The number of ketones is 1. The summed E-state index contributed by atoms with van der Waals surface area (Å²) in [5, 5.41) is 0. The molecule has 2 heteroatoms. The van der Waals surface area contributed by atoms with Crippen molar-refractivity contribution in [3.8, 4) is 0 Å². The van der Waals surface area contributed by atoms with Crippen LogP contribution in [-0.4, -0.2) is 37.5 Å². The molecule has 0 atom stereocenters. The van der Waals surface area contributed by atoms with Crippen LogP contribution in [0.15, 0.2) is 12.2 Å². The summed E-state index contributed by atoms with van der Waals surface area (Å²) in [6, 6.07) is 0. The van der Waals surface area contributed by atoms with Crippen molar-refractivity contribution in [3.05, 3.63) is 12.2 Å². The predicted octanol–water partition coefficient (Wildman–Crippen LogP) is 5.52. The first kappa shape index (κ1) is 21.4. The Kier molecular flexibility index (Phi) is 12.5. The van der Waals surface area contributed by atoms with Crippen LogP contribution in [0.3, 0.4) is 0 Å². The first-order valence-corrected chi connectivity index (χ1v) is 9.40. The summed E-state index contributed by atoms with van der Waals surface area (Å²) in [5.74, 6) is 0.217. The van der Waals surface area contributed by atoms with E-state index in [9.17, 15) is 4.79 Å². The van der Waals surface area contributed by atoms with Gasteiger partial charge in [-0.1, -0.05) is 64.9 Å². The molecule has 0 N–H and O–H groups in total. The molecule has 0 aliphatic heterocycles. The third-order valence-corrected chi connectivity index (χ3v) is 4.54. The number of hydrogen-bond donors (Lipinski definition) is 0. The van der Waals surface area contributed by atoms with Gasteiger partial charge in [0.1, 0.15) is 0 Å². The number of carbonyl (C=O) groups is 1. The number of carbonyl (C=O) groups excluding carboxylic acids is 1. The van der Waals surface area contributed by atoms with E-state index in [0.717, 1.165) is 11.0 Å². The van der Waals surface area contributed by atoms with Gasteiger partial charge in [-0.15, -0.1) is 0 Å². The van der Waals surface area contributed by atoms with Crippen molar-refractivity contribution in [2.45, 2.75) is 84.5 Å². The normalized spacial score (nSPS) is 11.6. The molecule has 0 rings (SSSR count). The van der Waals surface area contributed by atoms with Gasteiger partial charge in [-0.25, -0.2) is 0 Å². The van der Waals surface area contributed by atoms with Crippen LogP contribution < -0.4 is 0 Å². The van der Waals surface area contributed by atoms with Gasteiger partial charge in [0.05, 0.1) is 33.6 Å². The summed E-state index contributed by atoms with van der Waals surface area (Å²) in [6.07, 6.45) is 14.5. The number of allylic oxidation sites excluding steroid dienone is 1. The van der Waals surface area contributed by atoms with Crippen LogP contribution in [0.2, 0.25) is 0 Å². The number of quaternary nitrogens is 1. The Morgan fingerprint density at radius 2 is 1.27 bits per heavy atom. The summed E-state index contributed by atoms with van der Waals surface area (Å²) >= 11 is 0. The molecular formula is C20H40NO+. The lowest BCUT2D eigenvalue weighted by Crippen LogP contribution is -2.42. The topological polar surface area (TPSA) is 17.1 Å². The monoisotopic (exact) mass is 310 g/mol. The molecule has 0 amide bonds. The van der Waals surface area contributed by atoms with E-state index >= 15 is 0 Å². The molecule has 0 bridgehead atoms. The quantitative estimate of drug-likeness (QED) is 0.221. The Hall–Kier alpha value is -0.630. The Labute approximate surface area is 139 Å². The van der Waals surface area contributed by atoms with E-state index in [4.69, 9.17) is 0 Å². The maximum atomic E-state index is 11.6. The summed E-state index contributed by atoms with van der Waals surface area (Å²) in [6.45, 7) is 9.92. The van der Waals surface area contributed by atoms with E-state index in [1.54, 1.807) is 0 Å². The SMILES string of the molecule is C=C(C)C(=O)CC[N+](C)(C)CCCCCCCCCCCC. The van der Waals surface area contributed by atoms with Crippen molar-refractivity contribution in [3.63, 3.8) is 0 Å². The van der Waals surface area contributed by atoms with Crippen LogP contribution in [0.1, 0.15) is 84.5 Å². The Morgan fingerprint density at radius 3 is 1.73 bits per heavy atom. The van der Waals surface area contributed by atoms with Gasteiger partial charge in [-0.05, 0) is 25.3 Å². The molecule has 130 valence electrons. The summed E-state index contributed by atoms with van der Waals surface area (Å²) < 4.78 is 0.954. The molecule has 0 aromatic heterocycles. The Balaban J connectivity index is 3.48. The second kappa shape index (κ2) is 12.9. The lowest BCUT2D eigenvalue weighted by molar-refractivity contribution is -0.889. The zero-order chi connectivity index (χ0) is 16.8. The van der Waals surface area contributed by atoms with E-state index in [0.29, 0.717) is 12.0 Å². The lowest BCUT2D eigenvalue weighted by atomic mass is 10.1. The van der Waals surface area contributed by atoms with Crippen LogP contribution in [0.5, 0.6) is 0 Å². The molecule has 22 heavy (non-hydrogen) atoms. The van der Waals surface area contributed by atoms with Crippen molar-refractivity contribution in [2.75, 3.05) is 27.2 Å². The van der Waals surface area contributed by atoms with Gasteiger partial charge in [0.15, 0.2) is 5.78 Å². The van der Waals surface area contributed by atoms with Gasteiger partial charge in [0, 0.05) is 0 Å². The zero-order valence-corrected chi connectivity index (χ0v) is 15.8. The Bertz CT molecular complexity index is 307. The molecule has 0 fully saturated rings. The average Bonchev–Trinajstić information content (AvgIpc) is 2.46. The highest BCUT2D eigenvalue weighted by Crippen LogP contribution is 2.12. The highest BCUT2D eigenvalue weighted by atomic mass is 16.1. The van der Waals surface area contributed by atoms with Gasteiger partial charge in [0.25, 0.3) is 0 Å². The molecule has 0 aliphatic rings. The van der Waals surface area contributed by atoms with Crippen LogP contribution in [-0.2, 0) is 4.79 Å². The van der Waals surface area contributed by atoms with Crippen molar-refractivity contribution in [1.82, 2.24) is 0 Å². The lowest BCUT2D eigenvalue weighted by Gasteiger charge is -2.29. The molecule has 0 aromatic rings. The number of rotatable bonds is 15. The van der Waals surface area contributed by atoms with Gasteiger partial charge in [-0.3, -0.25) is 4.79 Å². The number of unbranched alkanes of at least 4 members (excludes halogenated alkanes) is 9.